The Morgan fingerprint density at radius 1 is 0.913 bits per heavy atom. The van der Waals surface area contributed by atoms with Gasteiger partial charge in [-0.25, -0.2) is 24.4 Å². The third-order valence-corrected chi connectivity index (χ3v) is 5.20. The number of hydrogen-bond acceptors (Lipinski definition) is 8. The highest BCUT2D eigenvalue weighted by molar-refractivity contribution is 5.91. The summed E-state index contributed by atoms with van der Waals surface area (Å²) in [6.45, 7) is 4.46. The highest BCUT2D eigenvalue weighted by Gasteiger charge is 2.38. The summed E-state index contributed by atoms with van der Waals surface area (Å²) in [4.78, 5) is 45.0. The number of nitrogens with zero attached hydrogens (tertiary/aromatic N) is 3. The van der Waals surface area contributed by atoms with Crippen LogP contribution in [0.3, 0.4) is 0 Å². The number of nitrogens with one attached hydrogen (secondary N) is 1. The van der Waals surface area contributed by atoms with E-state index in [2.05, 4.69) is 19.9 Å². The van der Waals surface area contributed by atoms with E-state index in [0.717, 1.165) is 18.4 Å². The van der Waals surface area contributed by atoms with Crippen LogP contribution in [0.4, 0.5) is 26.3 Å². The number of rotatable bonds is 9. The Labute approximate surface area is 255 Å². The maximum absolute atomic E-state index is 11.2. The Morgan fingerprint density at radius 3 is 2.04 bits per heavy atom. The molecule has 12 nitrogen and oxygen atoms in total. The molecule has 3 heterocycles. The Balaban J connectivity index is 0.000000440. The van der Waals surface area contributed by atoms with E-state index in [1.54, 1.807) is 6.20 Å². The number of pyridine rings is 2. The number of aromatic nitrogens is 4. The lowest BCUT2D eigenvalue weighted by atomic mass is 10.1. The number of ether oxygens (including phenoxy) is 2. The zero-order valence-corrected chi connectivity index (χ0v) is 23.9. The van der Waals surface area contributed by atoms with Crippen molar-refractivity contribution in [3.63, 3.8) is 0 Å². The van der Waals surface area contributed by atoms with Crippen molar-refractivity contribution in [1.82, 2.24) is 19.9 Å². The minimum Gasteiger partial charge on any atom is -0.493 e. The molecule has 0 radical (unpaired) electrons. The van der Waals surface area contributed by atoms with Gasteiger partial charge in [0, 0.05) is 30.2 Å². The summed E-state index contributed by atoms with van der Waals surface area (Å²) < 4.78 is 75.4. The lowest BCUT2D eigenvalue weighted by molar-refractivity contribution is -0.193. The number of H-pyrrole nitrogens is 1. The van der Waals surface area contributed by atoms with E-state index in [1.165, 1.54) is 17.8 Å². The van der Waals surface area contributed by atoms with Crippen molar-refractivity contribution >= 4 is 29.1 Å². The van der Waals surface area contributed by atoms with Gasteiger partial charge in [0.25, 0.3) is 0 Å². The molecule has 0 aliphatic heterocycles. The summed E-state index contributed by atoms with van der Waals surface area (Å²) in [7, 11) is 0. The van der Waals surface area contributed by atoms with Gasteiger partial charge >= 0.3 is 30.3 Å². The first kappa shape index (κ1) is 36.8. The van der Waals surface area contributed by atoms with E-state index in [0.29, 0.717) is 35.1 Å². The third kappa shape index (κ3) is 12.3. The molecule has 0 atom stereocenters. The SMILES string of the molecule is CC(C)Oc1cc(OCCCc2cccnc2)cc(-c2nc3cc(C(=O)O)cnc3[nH]2)c1.O=C(O)C(F)(F)F.O=C(O)C(F)(F)F. The number of carboxylic acids is 3. The van der Waals surface area contributed by atoms with Crippen LogP contribution < -0.4 is 9.47 Å². The molecular formula is C28H26F6N4O8. The first-order valence-electron chi connectivity index (χ1n) is 12.9. The maximum atomic E-state index is 11.2. The predicted molar refractivity (Wildman–Crippen MR) is 147 cm³/mol. The summed E-state index contributed by atoms with van der Waals surface area (Å²) in [5.74, 6) is -4.66. The average Bonchev–Trinajstić information content (AvgIpc) is 3.39. The summed E-state index contributed by atoms with van der Waals surface area (Å²) in [6.07, 6.45) is -3.51. The van der Waals surface area contributed by atoms with Gasteiger partial charge in [0.15, 0.2) is 5.65 Å². The quantitative estimate of drug-likeness (QED) is 0.126. The number of benzene rings is 1. The molecule has 0 aliphatic rings. The summed E-state index contributed by atoms with van der Waals surface area (Å²) in [5, 5.41) is 23.4. The number of aromatic carboxylic acids is 1. The van der Waals surface area contributed by atoms with Crippen LogP contribution in [0, 0.1) is 0 Å². The number of aryl methyl sites for hydroxylation is 1. The Kier molecular flexibility index (Phi) is 12.8. The van der Waals surface area contributed by atoms with Gasteiger partial charge in [-0.3, -0.25) is 4.98 Å². The standard InChI is InChI=1S/C24H24N4O4.2C2HF3O2/c1-15(2)32-20-10-17(22-27-21-11-18(24(29)30)14-26-23(21)28-22)9-19(12-20)31-8-4-6-16-5-3-7-25-13-16;2*3-2(4,5)1(6)7/h3,5,7,9-15H,4,6,8H2,1-2H3,(H,29,30)(H,26,27,28);2*(H,6,7). The van der Waals surface area contributed by atoms with Crippen molar-refractivity contribution in [1.29, 1.82) is 0 Å². The van der Waals surface area contributed by atoms with E-state index in [9.17, 15) is 36.2 Å². The topological polar surface area (TPSA) is 185 Å². The molecule has 4 aromatic rings. The number of aromatic amines is 1. The van der Waals surface area contributed by atoms with Gasteiger partial charge < -0.3 is 29.8 Å². The third-order valence-electron chi connectivity index (χ3n) is 5.20. The van der Waals surface area contributed by atoms with Crippen molar-refractivity contribution in [2.45, 2.75) is 45.1 Å². The number of fused-ring (bicyclic) bond motifs is 1. The molecule has 0 aliphatic carbocycles. The normalized spacial score (nSPS) is 11.2. The highest BCUT2D eigenvalue weighted by atomic mass is 19.4. The molecule has 0 unspecified atom stereocenters. The molecule has 0 saturated carbocycles. The van der Waals surface area contributed by atoms with Crippen LogP contribution in [0.5, 0.6) is 11.5 Å². The fraction of sp³-hybridized carbons (Fsp3) is 0.286. The minimum absolute atomic E-state index is 0.000791. The van der Waals surface area contributed by atoms with Crippen LogP contribution >= 0.6 is 0 Å². The van der Waals surface area contributed by atoms with E-state index in [-0.39, 0.29) is 11.7 Å². The lowest BCUT2D eigenvalue weighted by Crippen LogP contribution is -2.21. The molecule has 46 heavy (non-hydrogen) atoms. The molecule has 1 aromatic carbocycles. The summed E-state index contributed by atoms with van der Waals surface area (Å²) >= 11 is 0. The molecule has 0 bridgehead atoms. The first-order valence-corrected chi connectivity index (χ1v) is 12.9. The van der Waals surface area contributed by atoms with E-state index < -0.39 is 30.3 Å². The highest BCUT2D eigenvalue weighted by Crippen LogP contribution is 2.30. The Bertz CT molecular complexity index is 1600. The fourth-order valence-corrected chi connectivity index (χ4v) is 3.29. The van der Waals surface area contributed by atoms with Crippen molar-refractivity contribution in [3.8, 4) is 22.9 Å². The van der Waals surface area contributed by atoms with Crippen LogP contribution in [-0.2, 0) is 16.0 Å². The lowest BCUT2D eigenvalue weighted by Gasteiger charge is -2.13. The number of carboxylic acid groups (broad SMARTS) is 3. The molecule has 248 valence electrons. The van der Waals surface area contributed by atoms with Crippen molar-refractivity contribution in [3.05, 3.63) is 66.1 Å². The zero-order valence-electron chi connectivity index (χ0n) is 23.9. The van der Waals surface area contributed by atoms with Crippen molar-refractivity contribution in [2.75, 3.05) is 6.61 Å². The Hall–Kier alpha value is -5.42. The minimum atomic E-state index is -5.08. The number of alkyl halides is 6. The predicted octanol–water partition coefficient (Wildman–Crippen LogP) is 5.78. The molecule has 3 aromatic heterocycles. The number of halogens is 6. The number of imidazole rings is 1. The molecular weight excluding hydrogens is 634 g/mol. The number of aliphatic carboxylic acids is 2. The van der Waals surface area contributed by atoms with Gasteiger partial charge in [0.1, 0.15) is 22.8 Å². The summed E-state index contributed by atoms with van der Waals surface area (Å²) in [5.41, 5.74) is 3.02. The van der Waals surface area contributed by atoms with Crippen LogP contribution in [0.1, 0.15) is 36.2 Å². The van der Waals surface area contributed by atoms with E-state index >= 15 is 0 Å². The molecule has 0 amide bonds. The maximum Gasteiger partial charge on any atom is 0.490 e. The molecule has 0 fully saturated rings. The van der Waals surface area contributed by atoms with Crippen LogP contribution in [-0.4, -0.2) is 78.2 Å². The van der Waals surface area contributed by atoms with Crippen LogP contribution in [0.25, 0.3) is 22.6 Å². The van der Waals surface area contributed by atoms with E-state index in [4.69, 9.17) is 29.3 Å². The number of hydrogen-bond donors (Lipinski definition) is 4. The molecule has 4 rings (SSSR count). The molecule has 0 spiro atoms. The van der Waals surface area contributed by atoms with Gasteiger partial charge in [0.2, 0.25) is 0 Å². The van der Waals surface area contributed by atoms with Crippen molar-refractivity contribution < 1.29 is 65.5 Å². The summed E-state index contributed by atoms with van der Waals surface area (Å²) in [6, 6.07) is 11.1. The average molecular weight is 661 g/mol. The van der Waals surface area contributed by atoms with Crippen molar-refractivity contribution in [2.24, 2.45) is 0 Å². The van der Waals surface area contributed by atoms with Gasteiger partial charge in [-0.15, -0.1) is 0 Å². The number of carbonyl (C=O) groups is 3. The second-order valence-corrected chi connectivity index (χ2v) is 9.26. The second kappa shape index (κ2) is 16.1. The molecule has 18 heteroatoms. The first-order chi connectivity index (χ1) is 21.4. The second-order valence-electron chi connectivity index (χ2n) is 9.26. The smallest absolute Gasteiger partial charge is 0.490 e. The van der Waals surface area contributed by atoms with E-state index in [1.807, 2.05) is 50.4 Å². The van der Waals surface area contributed by atoms with Gasteiger partial charge in [-0.05, 0) is 56.5 Å². The fourth-order valence-electron chi connectivity index (χ4n) is 3.29. The van der Waals surface area contributed by atoms with Crippen LogP contribution in [0.15, 0.2) is 55.0 Å². The van der Waals surface area contributed by atoms with Gasteiger partial charge in [-0.1, -0.05) is 6.07 Å². The zero-order chi connectivity index (χ0) is 34.7. The monoisotopic (exact) mass is 660 g/mol. The van der Waals surface area contributed by atoms with Crippen LogP contribution in [0.2, 0.25) is 0 Å². The molecule has 4 N–H and O–H groups in total. The molecule has 0 saturated heterocycles. The van der Waals surface area contributed by atoms with Gasteiger partial charge in [-0.2, -0.15) is 26.3 Å². The van der Waals surface area contributed by atoms with Gasteiger partial charge in [0.05, 0.1) is 18.3 Å². The largest absolute Gasteiger partial charge is 0.493 e. The Morgan fingerprint density at radius 2 is 1.52 bits per heavy atom.